The van der Waals surface area contributed by atoms with E-state index in [1.54, 1.807) is 23.9 Å². The molecule has 2 aromatic heterocycles. The zero-order chi connectivity index (χ0) is 28.5. The van der Waals surface area contributed by atoms with E-state index in [0.717, 1.165) is 32.6 Å². The highest BCUT2D eigenvalue weighted by Crippen LogP contribution is 2.43. The average Bonchev–Trinajstić information content (AvgIpc) is 3.60. The number of rotatable bonds is 7. The third-order valence-corrected chi connectivity index (χ3v) is 8.68. The fourth-order valence-corrected chi connectivity index (χ4v) is 6.29. The van der Waals surface area contributed by atoms with Crippen LogP contribution >= 0.6 is 24.0 Å². The molecule has 1 aliphatic rings. The SMILES string of the molecule is Cc1ccc(-n2cccc2[C@H]2[C@@H](c3ccccn3)NC(=S)N2c2ccc(Sc3ccc([N+](=O)[O-])cc3)cc2)cc1C. The Kier molecular flexibility index (Phi) is 7.30. The smallest absolute Gasteiger partial charge is 0.269 e. The van der Waals surface area contributed by atoms with Gasteiger partial charge in [-0.15, -0.1) is 0 Å². The molecule has 0 radical (unpaired) electrons. The van der Waals surface area contributed by atoms with Gasteiger partial charge in [-0.1, -0.05) is 23.9 Å². The molecule has 9 heteroatoms. The third-order valence-electron chi connectivity index (χ3n) is 7.35. The number of nitrogens with zero attached hydrogens (tertiary/aromatic N) is 4. The van der Waals surface area contributed by atoms with Gasteiger partial charge in [-0.25, -0.2) is 0 Å². The second-order valence-electron chi connectivity index (χ2n) is 9.92. The highest BCUT2D eigenvalue weighted by molar-refractivity contribution is 7.99. The number of anilines is 1. The first-order valence-corrected chi connectivity index (χ1v) is 14.4. The number of thiocarbonyl (C=S) groups is 1. The third kappa shape index (κ3) is 5.33. The van der Waals surface area contributed by atoms with Gasteiger partial charge in [0.15, 0.2) is 5.11 Å². The molecule has 0 amide bonds. The van der Waals surface area contributed by atoms with Crippen LogP contribution in [0.15, 0.2) is 119 Å². The molecule has 41 heavy (non-hydrogen) atoms. The summed E-state index contributed by atoms with van der Waals surface area (Å²) in [6.07, 6.45) is 3.91. The van der Waals surface area contributed by atoms with Crippen LogP contribution in [-0.4, -0.2) is 19.6 Å². The van der Waals surface area contributed by atoms with Crippen LogP contribution in [0.4, 0.5) is 11.4 Å². The van der Waals surface area contributed by atoms with E-state index < -0.39 is 0 Å². The Hall–Kier alpha value is -4.47. The molecule has 0 unspecified atom stereocenters. The molecule has 0 aliphatic carbocycles. The van der Waals surface area contributed by atoms with Gasteiger partial charge in [0.25, 0.3) is 5.69 Å². The van der Waals surface area contributed by atoms with Crippen LogP contribution in [0.5, 0.6) is 0 Å². The quantitative estimate of drug-likeness (QED) is 0.121. The summed E-state index contributed by atoms with van der Waals surface area (Å²) in [4.78, 5) is 19.4. The van der Waals surface area contributed by atoms with Gasteiger partial charge >= 0.3 is 0 Å². The summed E-state index contributed by atoms with van der Waals surface area (Å²) in [5, 5.41) is 15.2. The lowest BCUT2D eigenvalue weighted by Crippen LogP contribution is -2.30. The van der Waals surface area contributed by atoms with Gasteiger partial charge < -0.3 is 14.8 Å². The van der Waals surface area contributed by atoms with Crippen LogP contribution in [0.25, 0.3) is 5.69 Å². The Morgan fingerprint density at radius 2 is 1.59 bits per heavy atom. The molecule has 1 fully saturated rings. The van der Waals surface area contributed by atoms with Crippen molar-refractivity contribution in [2.75, 3.05) is 4.90 Å². The highest BCUT2D eigenvalue weighted by atomic mass is 32.2. The zero-order valence-electron chi connectivity index (χ0n) is 22.5. The van der Waals surface area contributed by atoms with Gasteiger partial charge in [0, 0.05) is 51.4 Å². The molecular formula is C32H27N5O2S2. The van der Waals surface area contributed by atoms with Crippen LogP contribution < -0.4 is 10.2 Å². The maximum Gasteiger partial charge on any atom is 0.269 e. The maximum absolute atomic E-state index is 11.0. The standard InChI is InChI=1S/C32H27N5O2S2/c1-21-8-9-25(20-22(21)2)35-19-5-7-29(35)31-30(28-6-3-4-18-33-28)34-32(40)36(31)23-10-14-26(15-11-23)41-27-16-12-24(13-17-27)37(38)39/h3-20,30-31H,1-2H3,(H,34,40)/t30-,31+/m1/s1. The molecular weight excluding hydrogens is 551 g/mol. The molecule has 7 nitrogen and oxygen atoms in total. The fourth-order valence-electron chi connectivity index (χ4n) is 5.13. The lowest BCUT2D eigenvalue weighted by Gasteiger charge is -2.29. The van der Waals surface area contributed by atoms with Crippen molar-refractivity contribution in [1.82, 2.24) is 14.9 Å². The number of hydrogen-bond acceptors (Lipinski definition) is 5. The van der Waals surface area contributed by atoms with Crippen LogP contribution in [-0.2, 0) is 0 Å². The molecule has 0 spiro atoms. The van der Waals surface area contributed by atoms with E-state index in [9.17, 15) is 10.1 Å². The Bertz CT molecular complexity index is 1720. The van der Waals surface area contributed by atoms with Gasteiger partial charge in [0.2, 0.25) is 0 Å². The molecule has 204 valence electrons. The molecule has 2 atom stereocenters. The van der Waals surface area contributed by atoms with E-state index in [2.05, 4.69) is 94.4 Å². The molecule has 1 saturated heterocycles. The summed E-state index contributed by atoms with van der Waals surface area (Å²) in [5.41, 5.74) is 6.65. The highest BCUT2D eigenvalue weighted by Gasteiger charge is 2.42. The summed E-state index contributed by atoms with van der Waals surface area (Å²) in [5.74, 6) is 0. The molecule has 0 bridgehead atoms. The largest absolute Gasteiger partial charge is 0.351 e. The topological polar surface area (TPSA) is 76.2 Å². The predicted molar refractivity (Wildman–Crippen MR) is 167 cm³/mol. The molecule has 3 aromatic carbocycles. The van der Waals surface area contributed by atoms with Gasteiger partial charge in [-0.3, -0.25) is 15.1 Å². The minimum Gasteiger partial charge on any atom is -0.351 e. The Labute approximate surface area is 248 Å². The summed E-state index contributed by atoms with van der Waals surface area (Å²) in [6, 6.07) is 31.2. The maximum atomic E-state index is 11.0. The van der Waals surface area contributed by atoms with Crippen molar-refractivity contribution in [3.63, 3.8) is 0 Å². The summed E-state index contributed by atoms with van der Waals surface area (Å²) in [6.45, 7) is 4.25. The molecule has 6 rings (SSSR count). The first kappa shape index (κ1) is 26.7. The number of nitrogens with one attached hydrogen (secondary N) is 1. The first-order valence-electron chi connectivity index (χ1n) is 13.2. The van der Waals surface area contributed by atoms with Crippen molar-refractivity contribution >= 4 is 40.5 Å². The van der Waals surface area contributed by atoms with E-state index in [-0.39, 0.29) is 22.7 Å². The normalized spacial score (nSPS) is 16.5. The molecule has 1 aliphatic heterocycles. The predicted octanol–water partition coefficient (Wildman–Crippen LogP) is 7.73. The van der Waals surface area contributed by atoms with Crippen molar-refractivity contribution in [3.05, 3.63) is 142 Å². The summed E-state index contributed by atoms with van der Waals surface area (Å²) >= 11 is 7.49. The Balaban J connectivity index is 1.36. The van der Waals surface area contributed by atoms with Gasteiger partial charge in [0.05, 0.1) is 16.7 Å². The van der Waals surface area contributed by atoms with Crippen LogP contribution in [0.3, 0.4) is 0 Å². The summed E-state index contributed by atoms with van der Waals surface area (Å²) in [7, 11) is 0. The van der Waals surface area contributed by atoms with E-state index in [0.29, 0.717) is 5.11 Å². The van der Waals surface area contributed by atoms with Crippen LogP contribution in [0.2, 0.25) is 0 Å². The summed E-state index contributed by atoms with van der Waals surface area (Å²) < 4.78 is 2.23. The second kappa shape index (κ2) is 11.2. The number of hydrogen-bond donors (Lipinski definition) is 1. The Morgan fingerprint density at radius 3 is 2.24 bits per heavy atom. The lowest BCUT2D eigenvalue weighted by atomic mass is 10.0. The molecule has 0 saturated carbocycles. The number of aromatic nitrogens is 2. The average molecular weight is 578 g/mol. The van der Waals surface area contributed by atoms with Crippen molar-refractivity contribution < 1.29 is 4.92 Å². The number of pyridine rings is 1. The number of benzene rings is 3. The molecule has 1 N–H and O–H groups in total. The lowest BCUT2D eigenvalue weighted by molar-refractivity contribution is -0.384. The van der Waals surface area contributed by atoms with Crippen molar-refractivity contribution in [1.29, 1.82) is 0 Å². The van der Waals surface area contributed by atoms with Crippen molar-refractivity contribution in [2.24, 2.45) is 0 Å². The molecule has 5 aromatic rings. The van der Waals surface area contributed by atoms with Gasteiger partial charge in [0.1, 0.15) is 6.04 Å². The molecule has 3 heterocycles. The minimum absolute atomic E-state index is 0.0822. The van der Waals surface area contributed by atoms with E-state index in [4.69, 9.17) is 12.2 Å². The first-order chi connectivity index (χ1) is 19.9. The number of aryl methyl sites for hydroxylation is 2. The monoisotopic (exact) mass is 577 g/mol. The zero-order valence-corrected chi connectivity index (χ0v) is 24.1. The number of nitro groups is 1. The minimum atomic E-state index is -0.388. The van der Waals surface area contributed by atoms with Gasteiger partial charge in [-0.05, 0) is 110 Å². The van der Waals surface area contributed by atoms with E-state index in [1.165, 1.54) is 23.3 Å². The van der Waals surface area contributed by atoms with Crippen LogP contribution in [0.1, 0.15) is 34.6 Å². The number of nitro benzene ring substituents is 1. The van der Waals surface area contributed by atoms with Crippen molar-refractivity contribution in [2.45, 2.75) is 35.7 Å². The fraction of sp³-hybridized carbons (Fsp3) is 0.125. The Morgan fingerprint density at radius 1 is 0.878 bits per heavy atom. The number of non-ortho nitro benzene ring substituents is 1. The van der Waals surface area contributed by atoms with E-state index in [1.807, 2.05) is 24.4 Å². The van der Waals surface area contributed by atoms with Crippen LogP contribution in [0, 0.1) is 24.0 Å². The van der Waals surface area contributed by atoms with E-state index >= 15 is 0 Å². The second-order valence-corrected chi connectivity index (χ2v) is 11.4. The van der Waals surface area contributed by atoms with Crippen molar-refractivity contribution in [3.8, 4) is 5.69 Å². The van der Waals surface area contributed by atoms with Gasteiger partial charge in [-0.2, -0.15) is 0 Å².